The van der Waals surface area contributed by atoms with Gasteiger partial charge in [0.1, 0.15) is 12.4 Å². The summed E-state index contributed by atoms with van der Waals surface area (Å²) >= 11 is 0. The Hall–Kier alpha value is -3.26. The fraction of sp³-hybridized carbons (Fsp3) is 0.382. The molecule has 0 spiro atoms. The van der Waals surface area contributed by atoms with Crippen molar-refractivity contribution in [3.63, 3.8) is 0 Å². The zero-order valence-corrected chi connectivity index (χ0v) is 28.7. The molecule has 0 heterocycles. The molecule has 0 bridgehead atoms. The summed E-state index contributed by atoms with van der Waals surface area (Å²) in [5.41, 5.74) is 10.0. The van der Waals surface area contributed by atoms with E-state index < -0.39 is 37.5 Å². The molecular weight excluding hydrogens is 625 g/mol. The molecule has 0 aliphatic rings. The second-order valence-electron chi connectivity index (χ2n) is 11.0. The summed E-state index contributed by atoms with van der Waals surface area (Å²) in [7, 11) is 4.44. The SMILES string of the molecule is CNCCC[C@H](N)C(=O)NC(CC(=O)OC)Cc1cccc(-c2ccc(OCc3ccccc3)c(C[C@H](NC)C(=O)P(F)P)c2)c1. The summed E-state index contributed by atoms with van der Waals surface area (Å²) in [5.74, 6) is -0.138. The summed E-state index contributed by atoms with van der Waals surface area (Å²) in [5, 5.41) is 8.93. The van der Waals surface area contributed by atoms with Gasteiger partial charge in [0.05, 0.1) is 25.6 Å². The van der Waals surface area contributed by atoms with Crippen LogP contribution in [0.3, 0.4) is 0 Å². The molecule has 0 aliphatic carbocycles. The monoisotopic (exact) mass is 670 g/mol. The van der Waals surface area contributed by atoms with E-state index in [9.17, 15) is 18.6 Å². The van der Waals surface area contributed by atoms with Crippen LogP contribution in [0.2, 0.25) is 0 Å². The summed E-state index contributed by atoms with van der Waals surface area (Å²) in [6.07, 6.45) is 1.90. The fourth-order valence-corrected chi connectivity index (χ4v) is 6.09. The van der Waals surface area contributed by atoms with Gasteiger partial charge in [-0.15, -0.1) is 0 Å². The van der Waals surface area contributed by atoms with Crippen LogP contribution in [0.1, 0.15) is 36.0 Å². The van der Waals surface area contributed by atoms with Crippen molar-refractivity contribution in [3.8, 4) is 16.9 Å². The van der Waals surface area contributed by atoms with Gasteiger partial charge in [-0.25, -0.2) is 4.20 Å². The van der Waals surface area contributed by atoms with Crippen LogP contribution in [0, 0.1) is 0 Å². The molecule has 5 N–H and O–H groups in total. The number of nitrogens with two attached hydrogens (primary N) is 1. The summed E-state index contributed by atoms with van der Waals surface area (Å²) in [4.78, 5) is 37.7. The van der Waals surface area contributed by atoms with Gasteiger partial charge in [0, 0.05) is 6.04 Å². The van der Waals surface area contributed by atoms with E-state index in [-0.39, 0.29) is 18.7 Å². The summed E-state index contributed by atoms with van der Waals surface area (Å²) in [6.45, 7) is 1.09. The third-order valence-electron chi connectivity index (χ3n) is 7.59. The first-order valence-corrected chi connectivity index (χ1v) is 18.1. The summed E-state index contributed by atoms with van der Waals surface area (Å²) in [6, 6.07) is 21.4. The zero-order chi connectivity index (χ0) is 33.5. The second-order valence-corrected chi connectivity index (χ2v) is 13.5. The molecule has 0 radical (unpaired) electrons. The molecule has 0 saturated carbocycles. The molecule has 0 aliphatic heterocycles. The number of esters is 1. The lowest BCUT2D eigenvalue weighted by molar-refractivity contribution is -0.141. The molecule has 248 valence electrons. The highest BCUT2D eigenvalue weighted by Crippen LogP contribution is 2.48. The maximum absolute atomic E-state index is 14.0. The number of benzene rings is 3. The van der Waals surface area contributed by atoms with Gasteiger partial charge in [-0.3, -0.25) is 14.4 Å². The number of carbonyl (C=O) groups is 3. The van der Waals surface area contributed by atoms with E-state index >= 15 is 0 Å². The highest BCUT2D eigenvalue weighted by Gasteiger charge is 2.25. The molecule has 5 atom stereocenters. The van der Waals surface area contributed by atoms with Gasteiger partial charge in [0.2, 0.25) is 11.4 Å². The first-order chi connectivity index (χ1) is 22.1. The highest BCUT2D eigenvalue weighted by molar-refractivity contribution is 8.19. The second kappa shape index (κ2) is 19.4. The van der Waals surface area contributed by atoms with Gasteiger partial charge in [0.25, 0.3) is 0 Å². The Morgan fingerprint density at radius 3 is 2.35 bits per heavy atom. The van der Waals surface area contributed by atoms with E-state index in [0.29, 0.717) is 25.2 Å². The van der Waals surface area contributed by atoms with Crippen molar-refractivity contribution in [2.45, 2.75) is 56.8 Å². The predicted octanol–water partition coefficient (Wildman–Crippen LogP) is 4.66. The van der Waals surface area contributed by atoms with Gasteiger partial charge < -0.3 is 31.2 Å². The first-order valence-electron chi connectivity index (χ1n) is 15.2. The molecule has 9 nitrogen and oxygen atoms in total. The van der Waals surface area contributed by atoms with Crippen LogP contribution >= 0.6 is 16.8 Å². The molecule has 3 rings (SSSR count). The minimum absolute atomic E-state index is 0.000434. The Bertz CT molecular complexity index is 1430. The molecule has 12 heteroatoms. The molecule has 46 heavy (non-hydrogen) atoms. The van der Waals surface area contributed by atoms with Crippen LogP contribution < -0.4 is 26.4 Å². The van der Waals surface area contributed by atoms with Gasteiger partial charge in [-0.05, 0) is 86.3 Å². The molecular formula is C34H45FN4O5P2. The largest absolute Gasteiger partial charge is 0.489 e. The topological polar surface area (TPSA) is 132 Å². The quantitative estimate of drug-likeness (QED) is 0.0823. The van der Waals surface area contributed by atoms with Crippen molar-refractivity contribution in [2.24, 2.45) is 5.73 Å². The molecule has 3 unspecified atom stereocenters. The lowest BCUT2D eigenvalue weighted by Gasteiger charge is -2.21. The number of rotatable bonds is 19. The normalized spacial score (nSPS) is 13.7. The van der Waals surface area contributed by atoms with Crippen LogP contribution in [0.25, 0.3) is 11.1 Å². The minimum Gasteiger partial charge on any atom is -0.489 e. The molecule has 0 saturated heterocycles. The van der Waals surface area contributed by atoms with Gasteiger partial charge in [-0.1, -0.05) is 69.6 Å². The van der Waals surface area contributed by atoms with Crippen LogP contribution in [0.15, 0.2) is 72.8 Å². The lowest BCUT2D eigenvalue weighted by atomic mass is 9.95. The van der Waals surface area contributed by atoms with E-state index in [1.54, 1.807) is 7.05 Å². The number of halogens is 1. The Labute approximate surface area is 274 Å². The molecule has 1 amide bonds. The van der Waals surface area contributed by atoms with Crippen molar-refractivity contribution in [1.29, 1.82) is 0 Å². The van der Waals surface area contributed by atoms with Crippen LogP contribution in [-0.2, 0) is 38.6 Å². The smallest absolute Gasteiger partial charge is 0.307 e. The van der Waals surface area contributed by atoms with E-state index in [1.165, 1.54) is 7.11 Å². The fourth-order valence-electron chi connectivity index (χ4n) is 5.04. The van der Waals surface area contributed by atoms with E-state index in [1.807, 2.05) is 88.8 Å². The zero-order valence-electron chi connectivity index (χ0n) is 26.6. The Kier molecular flexibility index (Phi) is 15.7. The summed E-state index contributed by atoms with van der Waals surface area (Å²) < 4.78 is 25.1. The number of methoxy groups -OCH3 is 1. The number of likely N-dealkylation sites (N-methyl/N-ethyl adjacent to an activating group) is 1. The van der Waals surface area contributed by atoms with Crippen LogP contribution in [0.4, 0.5) is 4.20 Å². The number of nitrogens with one attached hydrogen (secondary N) is 3. The minimum atomic E-state index is -2.34. The Morgan fingerprint density at radius 2 is 1.67 bits per heavy atom. The van der Waals surface area contributed by atoms with Crippen molar-refractivity contribution >= 4 is 34.3 Å². The predicted molar refractivity (Wildman–Crippen MR) is 185 cm³/mol. The molecule has 0 aromatic heterocycles. The number of carbonyl (C=O) groups excluding carboxylic acids is 3. The van der Waals surface area contributed by atoms with E-state index in [4.69, 9.17) is 15.2 Å². The third-order valence-corrected chi connectivity index (χ3v) is 9.08. The number of amides is 1. The average Bonchev–Trinajstić information content (AvgIpc) is 3.06. The van der Waals surface area contributed by atoms with Gasteiger partial charge >= 0.3 is 5.97 Å². The van der Waals surface area contributed by atoms with E-state index in [2.05, 4.69) is 16.0 Å². The van der Waals surface area contributed by atoms with Gasteiger partial charge in [-0.2, -0.15) is 0 Å². The van der Waals surface area contributed by atoms with E-state index in [0.717, 1.165) is 40.8 Å². The lowest BCUT2D eigenvalue weighted by Crippen LogP contribution is -2.47. The first kappa shape index (κ1) is 37.2. The van der Waals surface area contributed by atoms with Crippen LogP contribution in [-0.4, -0.2) is 63.3 Å². The standard InChI is InChI=1S/C34H45FN4O5P2/c1-37-16-8-13-29(36)33(41)39-28(21-32(40)43-3)18-24-11-7-12-25(17-24)26-14-15-31(44-22-23-9-5-4-6-10-23)27(19-26)20-30(38-2)34(42)46(35)45/h4-7,9-12,14-15,17,19,28-30,37-38H,8,13,16,18,20-22,36,45H2,1-3H3,(H,39,41)/t28?,29-,30-,46?/m0/s1. The maximum Gasteiger partial charge on any atom is 0.307 e. The number of ether oxygens (including phenoxy) is 2. The van der Waals surface area contributed by atoms with Gasteiger partial charge in [0.15, 0.2) is 7.92 Å². The molecule has 3 aromatic carbocycles. The molecule has 0 fully saturated rings. The highest BCUT2D eigenvalue weighted by atomic mass is 32.0. The third kappa shape index (κ3) is 11.8. The number of hydrogen-bond acceptors (Lipinski definition) is 8. The van der Waals surface area contributed by atoms with Crippen LogP contribution in [0.5, 0.6) is 5.75 Å². The Balaban J connectivity index is 1.87. The van der Waals surface area contributed by atoms with Crippen molar-refractivity contribution < 1.29 is 28.1 Å². The van der Waals surface area contributed by atoms with Crippen molar-refractivity contribution in [3.05, 3.63) is 89.5 Å². The van der Waals surface area contributed by atoms with Crippen molar-refractivity contribution in [1.82, 2.24) is 16.0 Å². The molecule has 3 aromatic rings. The Morgan fingerprint density at radius 1 is 0.957 bits per heavy atom. The average molecular weight is 671 g/mol. The van der Waals surface area contributed by atoms with Crippen molar-refractivity contribution in [2.75, 3.05) is 27.7 Å². The number of hydrogen-bond donors (Lipinski definition) is 4. The maximum atomic E-state index is 14.0.